The Balaban J connectivity index is 1.81. The first-order valence-electron chi connectivity index (χ1n) is 8.84. The van der Waals surface area contributed by atoms with Gasteiger partial charge in [0.1, 0.15) is 11.5 Å². The van der Waals surface area contributed by atoms with Gasteiger partial charge in [0.25, 0.3) is 11.8 Å². The van der Waals surface area contributed by atoms with Gasteiger partial charge in [-0.2, -0.15) is 0 Å². The van der Waals surface area contributed by atoms with Crippen LogP contribution in [0.15, 0.2) is 54.2 Å². The van der Waals surface area contributed by atoms with E-state index in [4.69, 9.17) is 4.74 Å². The molecule has 0 N–H and O–H groups in total. The van der Waals surface area contributed by atoms with Gasteiger partial charge in [0.05, 0.1) is 24.5 Å². The third-order valence-corrected chi connectivity index (χ3v) is 4.81. The zero-order valence-corrected chi connectivity index (χ0v) is 14.9. The summed E-state index contributed by atoms with van der Waals surface area (Å²) in [5.74, 6) is -1.14. The minimum atomic E-state index is -0.392. The van der Waals surface area contributed by atoms with Crippen LogP contribution in [0.3, 0.4) is 0 Å². The number of aryl methyl sites for hydroxylation is 1. The standard InChI is InChI=1S/C21H19FN2O3/c1-14-2-8-17(9-3-14)24-20(25)18(15-4-6-16(22)7-5-15)19(21(24)26)23-10-12-27-13-11-23/h2-9H,10-13H2,1H3. The maximum Gasteiger partial charge on any atom is 0.282 e. The molecule has 5 nitrogen and oxygen atoms in total. The Morgan fingerprint density at radius 1 is 0.889 bits per heavy atom. The lowest BCUT2D eigenvalue weighted by atomic mass is 10.0. The molecule has 0 bridgehead atoms. The van der Waals surface area contributed by atoms with E-state index in [0.29, 0.717) is 48.8 Å². The van der Waals surface area contributed by atoms with E-state index in [-0.39, 0.29) is 11.7 Å². The largest absolute Gasteiger partial charge is 0.378 e. The zero-order chi connectivity index (χ0) is 19.0. The quantitative estimate of drug-likeness (QED) is 0.784. The van der Waals surface area contributed by atoms with Gasteiger partial charge in [-0.15, -0.1) is 0 Å². The molecule has 2 amide bonds. The summed E-state index contributed by atoms with van der Waals surface area (Å²) in [6, 6.07) is 12.9. The topological polar surface area (TPSA) is 49.9 Å². The number of ether oxygens (including phenoxy) is 1. The maximum atomic E-state index is 13.4. The average Bonchev–Trinajstić information content (AvgIpc) is 2.94. The molecule has 0 atom stereocenters. The fraction of sp³-hybridized carbons (Fsp3) is 0.238. The normalized spacial score (nSPS) is 17.9. The van der Waals surface area contributed by atoms with Crippen molar-refractivity contribution in [3.63, 3.8) is 0 Å². The van der Waals surface area contributed by atoms with Crippen molar-refractivity contribution in [1.29, 1.82) is 0 Å². The summed E-state index contributed by atoms with van der Waals surface area (Å²) in [5.41, 5.74) is 2.76. The molecule has 2 aromatic rings. The number of nitrogens with zero attached hydrogens (tertiary/aromatic N) is 2. The van der Waals surface area contributed by atoms with Gasteiger partial charge < -0.3 is 9.64 Å². The van der Waals surface area contributed by atoms with E-state index in [0.717, 1.165) is 5.56 Å². The van der Waals surface area contributed by atoms with Crippen molar-refractivity contribution >= 4 is 23.1 Å². The highest BCUT2D eigenvalue weighted by molar-refractivity contribution is 6.45. The second-order valence-electron chi connectivity index (χ2n) is 6.61. The van der Waals surface area contributed by atoms with Crippen molar-refractivity contribution in [3.05, 3.63) is 71.2 Å². The minimum absolute atomic E-state index is 0.308. The van der Waals surface area contributed by atoms with Gasteiger partial charge in [-0.05, 0) is 36.8 Å². The molecule has 1 saturated heterocycles. The molecule has 0 saturated carbocycles. The van der Waals surface area contributed by atoms with E-state index >= 15 is 0 Å². The molecule has 4 rings (SSSR count). The Labute approximate surface area is 156 Å². The Bertz CT molecular complexity index is 913. The Morgan fingerprint density at radius 2 is 1.52 bits per heavy atom. The smallest absolute Gasteiger partial charge is 0.282 e. The molecular formula is C21H19FN2O3. The van der Waals surface area contributed by atoms with E-state index < -0.39 is 5.91 Å². The lowest BCUT2D eigenvalue weighted by molar-refractivity contribution is -0.121. The molecule has 0 aliphatic carbocycles. The average molecular weight is 366 g/mol. The fourth-order valence-corrected chi connectivity index (χ4v) is 3.40. The second kappa shape index (κ2) is 6.96. The third-order valence-electron chi connectivity index (χ3n) is 4.81. The number of hydrogen-bond acceptors (Lipinski definition) is 4. The van der Waals surface area contributed by atoms with E-state index in [9.17, 15) is 14.0 Å². The first-order chi connectivity index (χ1) is 13.1. The van der Waals surface area contributed by atoms with Crippen LogP contribution in [0.1, 0.15) is 11.1 Å². The van der Waals surface area contributed by atoms with E-state index in [2.05, 4.69) is 0 Å². The number of benzene rings is 2. The van der Waals surface area contributed by atoms with Crippen LogP contribution in [0.5, 0.6) is 0 Å². The van der Waals surface area contributed by atoms with Gasteiger partial charge >= 0.3 is 0 Å². The summed E-state index contributed by atoms with van der Waals surface area (Å²) in [7, 11) is 0. The number of carbonyl (C=O) groups excluding carboxylic acids is 2. The lowest BCUT2D eigenvalue weighted by Gasteiger charge is -2.29. The number of halogens is 1. The van der Waals surface area contributed by atoms with Crippen molar-refractivity contribution in [3.8, 4) is 0 Å². The molecule has 0 unspecified atom stereocenters. The van der Waals surface area contributed by atoms with E-state index in [1.165, 1.54) is 29.2 Å². The summed E-state index contributed by atoms with van der Waals surface area (Å²) >= 11 is 0. The predicted molar refractivity (Wildman–Crippen MR) is 99.4 cm³/mol. The van der Waals surface area contributed by atoms with Crippen molar-refractivity contribution in [2.75, 3.05) is 31.2 Å². The van der Waals surface area contributed by atoms with Crippen LogP contribution < -0.4 is 4.90 Å². The zero-order valence-electron chi connectivity index (χ0n) is 14.9. The highest BCUT2D eigenvalue weighted by Crippen LogP contribution is 2.35. The van der Waals surface area contributed by atoms with Crippen LogP contribution in [-0.4, -0.2) is 43.0 Å². The first kappa shape index (κ1) is 17.4. The highest BCUT2D eigenvalue weighted by Gasteiger charge is 2.42. The van der Waals surface area contributed by atoms with Crippen molar-refractivity contribution in [1.82, 2.24) is 4.90 Å². The van der Waals surface area contributed by atoms with E-state index in [1.807, 2.05) is 24.0 Å². The summed E-state index contributed by atoms with van der Waals surface area (Å²) < 4.78 is 18.8. The lowest BCUT2D eigenvalue weighted by Crippen LogP contribution is -2.40. The number of anilines is 1. The fourth-order valence-electron chi connectivity index (χ4n) is 3.40. The van der Waals surface area contributed by atoms with Crippen molar-refractivity contribution < 1.29 is 18.7 Å². The molecule has 2 aromatic carbocycles. The molecule has 2 heterocycles. The van der Waals surface area contributed by atoms with Crippen LogP contribution in [0.2, 0.25) is 0 Å². The minimum Gasteiger partial charge on any atom is -0.378 e. The van der Waals surface area contributed by atoms with Crippen LogP contribution >= 0.6 is 0 Å². The third kappa shape index (κ3) is 3.13. The van der Waals surface area contributed by atoms with Gasteiger partial charge in [-0.3, -0.25) is 9.59 Å². The number of morpholine rings is 1. The Hall–Kier alpha value is -2.99. The molecule has 1 fully saturated rings. The van der Waals surface area contributed by atoms with E-state index in [1.54, 1.807) is 12.1 Å². The Morgan fingerprint density at radius 3 is 2.15 bits per heavy atom. The molecule has 27 heavy (non-hydrogen) atoms. The Kier molecular flexibility index (Phi) is 4.49. The molecule has 2 aliphatic heterocycles. The predicted octanol–water partition coefficient (Wildman–Crippen LogP) is 2.75. The summed E-state index contributed by atoms with van der Waals surface area (Å²) in [5, 5.41) is 0. The maximum absolute atomic E-state index is 13.4. The molecule has 0 aromatic heterocycles. The van der Waals surface area contributed by atoms with Gasteiger partial charge in [-0.1, -0.05) is 29.8 Å². The van der Waals surface area contributed by atoms with Gasteiger partial charge in [0.2, 0.25) is 0 Å². The molecular weight excluding hydrogens is 347 g/mol. The monoisotopic (exact) mass is 366 g/mol. The van der Waals surface area contributed by atoms with Gasteiger partial charge in [0, 0.05) is 13.1 Å². The van der Waals surface area contributed by atoms with Crippen molar-refractivity contribution in [2.24, 2.45) is 0 Å². The molecule has 138 valence electrons. The number of rotatable bonds is 3. The second-order valence-corrected chi connectivity index (χ2v) is 6.61. The summed E-state index contributed by atoms with van der Waals surface area (Å²) in [4.78, 5) is 29.6. The first-order valence-corrected chi connectivity index (χ1v) is 8.84. The molecule has 2 aliphatic rings. The molecule has 0 radical (unpaired) electrons. The van der Waals surface area contributed by atoms with Crippen LogP contribution in [0.25, 0.3) is 5.57 Å². The SMILES string of the molecule is Cc1ccc(N2C(=O)C(c3ccc(F)cc3)=C(N3CCOCC3)C2=O)cc1. The highest BCUT2D eigenvalue weighted by atomic mass is 19.1. The number of carbonyl (C=O) groups is 2. The number of imide groups is 1. The van der Waals surface area contributed by atoms with Crippen LogP contribution in [0, 0.1) is 12.7 Å². The molecule has 6 heteroatoms. The van der Waals surface area contributed by atoms with Crippen LogP contribution in [-0.2, 0) is 14.3 Å². The van der Waals surface area contributed by atoms with Crippen LogP contribution in [0.4, 0.5) is 10.1 Å². The number of hydrogen-bond donors (Lipinski definition) is 0. The number of amides is 2. The molecule has 0 spiro atoms. The summed E-state index contributed by atoms with van der Waals surface area (Å²) in [6.07, 6.45) is 0. The van der Waals surface area contributed by atoms with Gasteiger partial charge in [-0.25, -0.2) is 9.29 Å². The summed E-state index contributed by atoms with van der Waals surface area (Å²) in [6.45, 7) is 3.98. The van der Waals surface area contributed by atoms with Crippen molar-refractivity contribution in [2.45, 2.75) is 6.92 Å². The van der Waals surface area contributed by atoms with Gasteiger partial charge in [0.15, 0.2) is 0 Å².